The zero-order valence-corrected chi connectivity index (χ0v) is 10.2. The largest absolute Gasteiger partial charge is 0.367 e. The molecule has 0 aliphatic carbocycles. The Morgan fingerprint density at radius 1 is 1.30 bits per heavy atom. The molecule has 0 spiro atoms. The molecule has 0 aromatic heterocycles. The van der Waals surface area contributed by atoms with Crippen molar-refractivity contribution < 1.29 is 30.8 Å². The van der Waals surface area contributed by atoms with Crippen LogP contribution in [0.2, 0.25) is 0 Å². The molecule has 2 aromatic carbocycles. The highest BCUT2D eigenvalue weighted by Crippen LogP contribution is 2.28. The van der Waals surface area contributed by atoms with Crippen molar-refractivity contribution in [3.05, 3.63) is 71.2 Å². The fourth-order valence-electron chi connectivity index (χ4n) is 1.40. The molecule has 2 nitrogen and oxygen atoms in total. The van der Waals surface area contributed by atoms with Gasteiger partial charge in [-0.1, -0.05) is 54.5 Å². The van der Waals surface area contributed by atoms with Crippen molar-refractivity contribution in [2.24, 2.45) is 0 Å². The summed E-state index contributed by atoms with van der Waals surface area (Å²) in [5.74, 6) is 0. The topological polar surface area (TPSA) is 12.5 Å². The fourth-order valence-corrected chi connectivity index (χ4v) is 1.40. The molecule has 106 valence electrons. The molecule has 1 unspecified atom stereocenters. The summed E-state index contributed by atoms with van der Waals surface area (Å²) < 4.78 is 156. The van der Waals surface area contributed by atoms with Crippen molar-refractivity contribution in [3.63, 3.8) is 0 Å². The minimum atomic E-state index is -4.11. The van der Waals surface area contributed by atoms with Gasteiger partial charge in [0.05, 0.1) is 17.5 Å². The van der Waals surface area contributed by atoms with Gasteiger partial charge in [-0.3, -0.25) is 0 Å². The maximum absolute atomic E-state index is 9.11. The van der Waals surface area contributed by atoms with Crippen LogP contribution in [0.4, 0.5) is 0 Å². The normalized spacial score (nSPS) is 31.4. The standard InChI is InChI=1S/C18H23NO/c1-15-9-7-8-12-17(15)18(20-14-13-19(2)3)16-10-5-4-6-11-16/h4-12,18H,13-14H2,1-3H3/i1D3,2D3,3D3,4D,5D,6D,10D,11D,13D2,14D2,18D. The minimum Gasteiger partial charge on any atom is -0.367 e. The number of aryl methyl sites for hydroxylation is 1. The van der Waals surface area contributed by atoms with Gasteiger partial charge in [0.15, 0.2) is 0 Å². The summed E-state index contributed by atoms with van der Waals surface area (Å²) >= 11 is 0. The molecule has 20 heavy (non-hydrogen) atoms. The number of rotatable bonds is 6. The molecule has 2 aromatic rings. The van der Waals surface area contributed by atoms with Crippen LogP contribution in [-0.4, -0.2) is 31.9 Å². The lowest BCUT2D eigenvalue weighted by molar-refractivity contribution is 0.0683. The molecule has 0 saturated carbocycles. The van der Waals surface area contributed by atoms with Gasteiger partial charge >= 0.3 is 0 Å². The molecule has 0 radical (unpaired) electrons. The van der Waals surface area contributed by atoms with Crippen molar-refractivity contribution in [3.8, 4) is 0 Å². The van der Waals surface area contributed by atoms with Gasteiger partial charge in [0, 0.05) is 21.6 Å². The average Bonchev–Trinajstić information content (AvgIpc) is 2.73. The number of benzene rings is 2. The zero-order chi connectivity index (χ0) is 30.7. The molecular weight excluding hydrogens is 246 g/mol. The van der Waals surface area contributed by atoms with E-state index in [0.717, 1.165) is 18.2 Å². The lowest BCUT2D eigenvalue weighted by atomic mass is 9.97. The van der Waals surface area contributed by atoms with E-state index in [1.807, 2.05) is 0 Å². The second-order valence-corrected chi connectivity index (χ2v) is 3.53. The number of hydrogen-bond acceptors (Lipinski definition) is 2. The van der Waals surface area contributed by atoms with Crippen LogP contribution < -0.4 is 0 Å². The molecule has 0 aliphatic heterocycles. The van der Waals surface area contributed by atoms with E-state index in [9.17, 15) is 0 Å². The summed E-state index contributed by atoms with van der Waals surface area (Å²) in [5.41, 5.74) is -2.62. The van der Waals surface area contributed by atoms with E-state index in [-0.39, 0.29) is 0 Å². The highest BCUT2D eigenvalue weighted by Gasteiger charge is 2.16. The van der Waals surface area contributed by atoms with Crippen LogP contribution in [0.25, 0.3) is 0 Å². The third-order valence-electron chi connectivity index (χ3n) is 2.21. The Bertz CT molecular complexity index is 1190. The van der Waals surface area contributed by atoms with Gasteiger partial charge in [-0.15, -0.1) is 0 Å². The number of hydrogen-bond donors (Lipinski definition) is 0. The first-order chi connectivity index (χ1) is 17.2. The molecule has 0 saturated heterocycles. The molecular formula is C18H23NO. The van der Waals surface area contributed by atoms with Gasteiger partial charge in [-0.25, -0.2) is 0 Å². The molecule has 0 bridgehead atoms. The average molecular weight is 289 g/mol. The fraction of sp³-hybridized carbons (Fsp3) is 0.333. The number of nitrogens with zero attached hydrogens (tertiary/aromatic N) is 1. The van der Waals surface area contributed by atoms with Gasteiger partial charge in [0.1, 0.15) is 6.08 Å². The van der Waals surface area contributed by atoms with E-state index in [2.05, 4.69) is 0 Å². The van der Waals surface area contributed by atoms with Crippen LogP contribution in [0.15, 0.2) is 54.5 Å². The van der Waals surface area contributed by atoms with Crippen molar-refractivity contribution >= 4 is 0 Å². The second kappa shape index (κ2) is 7.22. The Morgan fingerprint density at radius 3 is 2.85 bits per heavy atom. The van der Waals surface area contributed by atoms with Crippen molar-refractivity contribution in [2.75, 3.05) is 27.0 Å². The predicted octanol–water partition coefficient (Wildman–Crippen LogP) is 3.66. The molecule has 0 fully saturated rings. The quantitative estimate of drug-likeness (QED) is 0.804. The van der Waals surface area contributed by atoms with Gasteiger partial charge in [0.25, 0.3) is 0 Å². The minimum absolute atomic E-state index is 0.702. The monoisotopic (exact) mass is 288 g/mol. The first-order valence-corrected chi connectivity index (χ1v) is 5.41. The second-order valence-electron chi connectivity index (χ2n) is 3.53. The Kier molecular flexibility index (Phi) is 1.36. The zero-order valence-electron chi connectivity index (χ0n) is 29.2. The van der Waals surface area contributed by atoms with Crippen LogP contribution in [0, 0.1) is 6.85 Å². The molecule has 2 heteroatoms. The highest BCUT2D eigenvalue weighted by atomic mass is 16.5. The lowest BCUT2D eigenvalue weighted by Crippen LogP contribution is -2.20. The van der Waals surface area contributed by atoms with Crippen LogP contribution in [-0.2, 0) is 4.74 Å². The van der Waals surface area contributed by atoms with Crippen LogP contribution in [0.5, 0.6) is 0 Å². The van der Waals surface area contributed by atoms with E-state index >= 15 is 0 Å². The Hall–Kier alpha value is -1.64. The van der Waals surface area contributed by atoms with E-state index < -0.39 is 91.7 Å². The summed E-state index contributed by atoms with van der Waals surface area (Å²) in [7, 11) is 0. The molecule has 2 rings (SSSR count). The first-order valence-electron chi connectivity index (χ1n) is 14.9. The number of ether oxygens (including phenoxy) is 1. The molecule has 0 N–H and O–H groups in total. The lowest BCUT2D eigenvalue weighted by Gasteiger charge is -2.22. The summed E-state index contributed by atoms with van der Waals surface area (Å²) in [6, 6.07) is -0.971. The predicted molar refractivity (Wildman–Crippen MR) is 84.0 cm³/mol. The summed E-state index contributed by atoms with van der Waals surface area (Å²) in [6.45, 7) is -18.8. The first kappa shape index (κ1) is 3.76. The summed E-state index contributed by atoms with van der Waals surface area (Å²) in [4.78, 5) is -0.787. The Labute approximate surface area is 148 Å². The van der Waals surface area contributed by atoms with Crippen molar-refractivity contribution in [2.45, 2.75) is 12.9 Å². The molecule has 0 heterocycles. The van der Waals surface area contributed by atoms with Crippen LogP contribution >= 0.6 is 0 Å². The van der Waals surface area contributed by atoms with E-state index in [1.165, 1.54) is 6.07 Å². The SMILES string of the molecule is [2H]c1c([2H])c([2H])c(C([2H])(OC([2H])([2H])C([2H])([2H])N(C([2H])([2H])[2H])C([2H])([2H])[2H])c2ccccc2C([2H])([2H])[2H])c([2H])c1[2H]. The summed E-state index contributed by atoms with van der Waals surface area (Å²) in [5, 5.41) is 0. The third kappa shape index (κ3) is 3.92. The maximum Gasteiger partial charge on any atom is 0.108 e. The Morgan fingerprint density at radius 2 is 2.10 bits per heavy atom. The van der Waals surface area contributed by atoms with Gasteiger partial charge in [-0.2, -0.15) is 0 Å². The summed E-state index contributed by atoms with van der Waals surface area (Å²) in [6.07, 6.45) is -3.45. The smallest absolute Gasteiger partial charge is 0.108 e. The van der Waals surface area contributed by atoms with E-state index in [0.29, 0.717) is 0 Å². The molecule has 0 amide bonds. The van der Waals surface area contributed by atoms with Crippen LogP contribution in [0.1, 0.15) is 48.8 Å². The molecule has 1 atom stereocenters. The van der Waals surface area contributed by atoms with Gasteiger partial charge in [-0.05, 0) is 37.5 Å². The van der Waals surface area contributed by atoms with Gasteiger partial charge in [0.2, 0.25) is 0 Å². The maximum atomic E-state index is 9.11. The third-order valence-corrected chi connectivity index (χ3v) is 2.21. The van der Waals surface area contributed by atoms with Crippen molar-refractivity contribution in [1.82, 2.24) is 4.90 Å². The van der Waals surface area contributed by atoms with Crippen LogP contribution in [0.3, 0.4) is 0 Å². The highest BCUT2D eigenvalue weighted by molar-refractivity contribution is 5.35. The van der Waals surface area contributed by atoms with E-state index in [1.54, 1.807) is 0 Å². The van der Waals surface area contributed by atoms with Crippen molar-refractivity contribution in [1.29, 1.82) is 0 Å². The van der Waals surface area contributed by atoms with Gasteiger partial charge < -0.3 is 9.64 Å². The van der Waals surface area contributed by atoms with E-state index in [4.69, 9.17) is 30.8 Å². The molecule has 0 aliphatic rings. The number of likely N-dealkylation sites (N-methyl/N-ethyl adjacent to an activating group) is 1. The Balaban J connectivity index is 3.04.